The Morgan fingerprint density at radius 3 is 2.76 bits per heavy atom. The van der Waals surface area contributed by atoms with Crippen molar-refractivity contribution in [2.75, 3.05) is 19.6 Å². The first kappa shape index (κ1) is 21.5. The number of amides is 1. The Kier molecular flexibility index (Phi) is 6.42. The third-order valence-electron chi connectivity index (χ3n) is 5.87. The summed E-state index contributed by atoms with van der Waals surface area (Å²) in [5, 5.41) is 4.37. The monoisotopic (exact) mass is 433 g/mol. The number of carbonyl (C=O) groups is 1. The highest BCUT2D eigenvalue weighted by molar-refractivity contribution is 5.98. The molecule has 4 nitrogen and oxygen atoms in total. The lowest BCUT2D eigenvalue weighted by Crippen LogP contribution is -2.34. The normalized spacial score (nSPS) is 22.7. The van der Waals surface area contributed by atoms with Crippen LogP contribution >= 0.6 is 24.8 Å². The smallest absolute Gasteiger partial charge is 0.254 e. The third-order valence-corrected chi connectivity index (χ3v) is 5.87. The maximum atomic E-state index is 13.9. The lowest BCUT2D eigenvalue weighted by atomic mass is 9.89. The molecule has 0 bridgehead atoms. The Morgan fingerprint density at radius 1 is 1.07 bits per heavy atom. The molecule has 5 rings (SSSR count). The maximum absolute atomic E-state index is 13.9. The minimum absolute atomic E-state index is 0. The SMILES string of the molecule is Cl.Cl.O=C(c1ccc2ncccc2c1)N1C[C@@H]2CNC[C@@H]2[C@H]1c1cccc(F)c1. The van der Waals surface area contributed by atoms with Gasteiger partial charge in [-0.25, -0.2) is 4.39 Å². The lowest BCUT2D eigenvalue weighted by Gasteiger charge is -2.28. The molecule has 2 saturated heterocycles. The van der Waals surface area contributed by atoms with Crippen LogP contribution in [0.25, 0.3) is 10.9 Å². The fourth-order valence-electron chi connectivity index (χ4n) is 4.62. The quantitative estimate of drug-likeness (QED) is 0.656. The number of hydrogen-bond donors (Lipinski definition) is 1. The molecule has 3 aromatic rings. The molecule has 0 spiro atoms. The summed E-state index contributed by atoms with van der Waals surface area (Å²) in [6, 6.07) is 16.0. The summed E-state index contributed by atoms with van der Waals surface area (Å²) in [5.41, 5.74) is 2.41. The van der Waals surface area contributed by atoms with Gasteiger partial charge < -0.3 is 10.2 Å². The van der Waals surface area contributed by atoms with E-state index < -0.39 is 0 Å². The van der Waals surface area contributed by atoms with Crippen LogP contribution in [0.2, 0.25) is 0 Å². The first-order chi connectivity index (χ1) is 13.2. The van der Waals surface area contributed by atoms with Crippen molar-refractivity contribution in [3.8, 4) is 0 Å². The fraction of sp³-hybridized carbons (Fsp3) is 0.273. The number of pyridine rings is 1. The van der Waals surface area contributed by atoms with E-state index in [1.807, 2.05) is 41.3 Å². The van der Waals surface area contributed by atoms with Crippen molar-refractivity contribution in [2.45, 2.75) is 6.04 Å². The van der Waals surface area contributed by atoms with Crippen LogP contribution in [0.5, 0.6) is 0 Å². The predicted molar refractivity (Wildman–Crippen MR) is 116 cm³/mol. The van der Waals surface area contributed by atoms with Crippen molar-refractivity contribution in [3.05, 3.63) is 77.7 Å². The second-order valence-corrected chi connectivity index (χ2v) is 7.45. The third kappa shape index (κ3) is 3.82. The van der Waals surface area contributed by atoms with Crippen LogP contribution in [0.4, 0.5) is 4.39 Å². The lowest BCUT2D eigenvalue weighted by molar-refractivity contribution is 0.0714. The van der Waals surface area contributed by atoms with Crippen LogP contribution in [-0.4, -0.2) is 35.4 Å². The zero-order chi connectivity index (χ0) is 18.4. The molecule has 2 aromatic carbocycles. The summed E-state index contributed by atoms with van der Waals surface area (Å²) < 4.78 is 13.9. The Morgan fingerprint density at radius 2 is 1.93 bits per heavy atom. The van der Waals surface area contributed by atoms with Crippen LogP contribution in [-0.2, 0) is 0 Å². The highest BCUT2D eigenvalue weighted by Crippen LogP contribution is 2.43. The molecule has 0 aliphatic carbocycles. The number of halogens is 3. The number of rotatable bonds is 2. The van der Waals surface area contributed by atoms with Gasteiger partial charge in [0.1, 0.15) is 5.82 Å². The second-order valence-electron chi connectivity index (χ2n) is 7.45. The van der Waals surface area contributed by atoms with Crippen molar-refractivity contribution in [1.29, 1.82) is 0 Å². The van der Waals surface area contributed by atoms with Gasteiger partial charge in [-0.15, -0.1) is 24.8 Å². The van der Waals surface area contributed by atoms with E-state index in [1.165, 1.54) is 6.07 Å². The molecule has 0 unspecified atom stereocenters. The molecule has 1 amide bonds. The summed E-state index contributed by atoms with van der Waals surface area (Å²) in [6.07, 6.45) is 1.75. The standard InChI is InChI=1S/C22H20FN3O.2ClH/c23-18-5-1-3-15(10-18)21-19-12-24-11-17(19)13-26(21)22(27)16-6-7-20-14(9-16)4-2-8-25-20;;/h1-10,17,19,21,24H,11-13H2;2*1H/t17-,19-,21+;;/m0../s1. The molecule has 7 heteroatoms. The zero-order valence-electron chi connectivity index (χ0n) is 15.6. The topological polar surface area (TPSA) is 45.2 Å². The molecule has 1 aromatic heterocycles. The van der Waals surface area contributed by atoms with Gasteiger partial charge in [-0.1, -0.05) is 18.2 Å². The van der Waals surface area contributed by atoms with Gasteiger partial charge in [0, 0.05) is 42.7 Å². The summed E-state index contributed by atoms with van der Waals surface area (Å²) >= 11 is 0. The zero-order valence-corrected chi connectivity index (χ0v) is 17.3. The van der Waals surface area contributed by atoms with Gasteiger partial charge in [0.2, 0.25) is 0 Å². The number of benzene rings is 2. The van der Waals surface area contributed by atoms with Crippen molar-refractivity contribution in [1.82, 2.24) is 15.2 Å². The Labute approximate surface area is 181 Å². The molecule has 3 heterocycles. The van der Waals surface area contributed by atoms with E-state index in [4.69, 9.17) is 0 Å². The van der Waals surface area contributed by atoms with Gasteiger partial charge in [0.25, 0.3) is 5.91 Å². The largest absolute Gasteiger partial charge is 0.331 e. The van der Waals surface area contributed by atoms with E-state index in [1.54, 1.807) is 18.3 Å². The Hall–Kier alpha value is -2.21. The average molecular weight is 434 g/mol. The highest BCUT2D eigenvalue weighted by Gasteiger charge is 2.46. The van der Waals surface area contributed by atoms with Gasteiger partial charge in [0.15, 0.2) is 0 Å². The molecule has 29 heavy (non-hydrogen) atoms. The maximum Gasteiger partial charge on any atom is 0.254 e. The summed E-state index contributed by atoms with van der Waals surface area (Å²) in [4.78, 5) is 19.6. The van der Waals surface area contributed by atoms with E-state index in [9.17, 15) is 9.18 Å². The number of nitrogens with zero attached hydrogens (tertiary/aromatic N) is 2. The van der Waals surface area contributed by atoms with Crippen LogP contribution in [0.1, 0.15) is 22.0 Å². The Balaban J connectivity index is 0.00000120. The summed E-state index contributed by atoms with van der Waals surface area (Å²) in [7, 11) is 0. The van der Waals surface area contributed by atoms with Crippen LogP contribution in [0.15, 0.2) is 60.8 Å². The molecular weight excluding hydrogens is 412 g/mol. The van der Waals surface area contributed by atoms with Crippen LogP contribution in [0.3, 0.4) is 0 Å². The molecule has 152 valence electrons. The minimum atomic E-state index is -0.258. The first-order valence-electron chi connectivity index (χ1n) is 9.32. The van der Waals surface area contributed by atoms with Gasteiger partial charge >= 0.3 is 0 Å². The van der Waals surface area contributed by atoms with Crippen molar-refractivity contribution in [2.24, 2.45) is 11.8 Å². The fourth-order valence-corrected chi connectivity index (χ4v) is 4.62. The summed E-state index contributed by atoms with van der Waals surface area (Å²) in [6.45, 7) is 2.46. The van der Waals surface area contributed by atoms with Gasteiger partial charge in [-0.05, 0) is 47.9 Å². The molecule has 1 N–H and O–H groups in total. The second kappa shape index (κ2) is 8.66. The van der Waals surface area contributed by atoms with Gasteiger partial charge in [0.05, 0.1) is 11.6 Å². The average Bonchev–Trinajstić information content (AvgIpc) is 3.28. The molecule has 2 aliphatic rings. The van der Waals surface area contributed by atoms with E-state index in [-0.39, 0.29) is 42.6 Å². The van der Waals surface area contributed by atoms with E-state index in [0.717, 1.165) is 29.6 Å². The predicted octanol–water partition coefficient (Wildman–Crippen LogP) is 4.25. The van der Waals surface area contributed by atoms with Gasteiger partial charge in [-0.3, -0.25) is 9.78 Å². The van der Waals surface area contributed by atoms with E-state index in [0.29, 0.717) is 23.9 Å². The number of nitrogens with one attached hydrogen (secondary N) is 1. The van der Waals surface area contributed by atoms with E-state index >= 15 is 0 Å². The van der Waals surface area contributed by atoms with Crippen LogP contribution < -0.4 is 5.32 Å². The number of carbonyl (C=O) groups excluding carboxylic acids is 1. The minimum Gasteiger partial charge on any atom is -0.331 e. The Bertz CT molecular complexity index is 1030. The first-order valence-corrected chi connectivity index (χ1v) is 9.32. The van der Waals surface area contributed by atoms with E-state index in [2.05, 4.69) is 10.3 Å². The van der Waals surface area contributed by atoms with Gasteiger partial charge in [-0.2, -0.15) is 0 Å². The number of hydrogen-bond acceptors (Lipinski definition) is 3. The molecule has 0 radical (unpaired) electrons. The number of aromatic nitrogens is 1. The highest BCUT2D eigenvalue weighted by atomic mass is 35.5. The summed E-state index contributed by atoms with van der Waals surface area (Å²) in [5.74, 6) is 0.470. The molecular formula is C22H22Cl2FN3O. The molecule has 2 fully saturated rings. The molecule has 2 aliphatic heterocycles. The number of likely N-dealkylation sites (tertiary alicyclic amines) is 1. The van der Waals surface area contributed by atoms with Crippen LogP contribution in [0, 0.1) is 17.7 Å². The van der Waals surface area contributed by atoms with Crippen molar-refractivity contribution in [3.63, 3.8) is 0 Å². The van der Waals surface area contributed by atoms with Crippen molar-refractivity contribution < 1.29 is 9.18 Å². The molecule has 3 atom stereocenters. The number of fused-ring (bicyclic) bond motifs is 2. The van der Waals surface area contributed by atoms with Crippen molar-refractivity contribution >= 4 is 41.6 Å². The molecule has 0 saturated carbocycles.